The molecule has 0 bridgehead atoms. The van der Waals surface area contributed by atoms with E-state index in [9.17, 15) is 18.3 Å². The molecular weight excluding hydrogens is 231 g/mol. The molecule has 1 aliphatic carbocycles. The summed E-state index contributed by atoms with van der Waals surface area (Å²) >= 11 is 0. The number of hydrogen-bond acceptors (Lipinski definition) is 2. The maximum atomic E-state index is 13.4. The van der Waals surface area contributed by atoms with Crippen LogP contribution in [0.2, 0.25) is 0 Å². The standard InChI is InChI=1S/C12H14F3NO/c13-7-5-9(15)11(6-8(7)14)16-10-3-1-2-4-12(10)17/h5-6,10,12,16-17H,1-4H2. The third-order valence-corrected chi connectivity index (χ3v) is 3.08. The van der Waals surface area contributed by atoms with Gasteiger partial charge in [-0.3, -0.25) is 0 Å². The van der Waals surface area contributed by atoms with Crippen molar-refractivity contribution >= 4 is 5.69 Å². The van der Waals surface area contributed by atoms with Gasteiger partial charge in [-0.15, -0.1) is 0 Å². The number of anilines is 1. The summed E-state index contributed by atoms with van der Waals surface area (Å²) in [6.07, 6.45) is 2.62. The summed E-state index contributed by atoms with van der Waals surface area (Å²) < 4.78 is 39.1. The average Bonchev–Trinajstić information content (AvgIpc) is 2.29. The Kier molecular flexibility index (Phi) is 3.57. The molecular formula is C12H14F3NO. The van der Waals surface area contributed by atoms with Crippen LogP contribution in [0.3, 0.4) is 0 Å². The monoisotopic (exact) mass is 245 g/mol. The lowest BCUT2D eigenvalue weighted by Gasteiger charge is -2.29. The fraction of sp³-hybridized carbons (Fsp3) is 0.500. The zero-order valence-corrected chi connectivity index (χ0v) is 9.22. The first-order valence-corrected chi connectivity index (χ1v) is 5.67. The van der Waals surface area contributed by atoms with Gasteiger partial charge in [0.1, 0.15) is 5.82 Å². The van der Waals surface area contributed by atoms with Crippen molar-refractivity contribution < 1.29 is 18.3 Å². The molecule has 1 aliphatic rings. The Balaban J connectivity index is 2.15. The van der Waals surface area contributed by atoms with Gasteiger partial charge < -0.3 is 10.4 Å². The van der Waals surface area contributed by atoms with Gasteiger partial charge in [-0.1, -0.05) is 12.8 Å². The first-order valence-electron chi connectivity index (χ1n) is 5.67. The fourth-order valence-electron chi connectivity index (χ4n) is 2.11. The van der Waals surface area contributed by atoms with Gasteiger partial charge in [0.05, 0.1) is 17.8 Å². The van der Waals surface area contributed by atoms with Crippen LogP contribution in [0.25, 0.3) is 0 Å². The summed E-state index contributed by atoms with van der Waals surface area (Å²) in [5.74, 6) is -3.15. The normalized spacial score (nSPS) is 24.7. The predicted molar refractivity (Wildman–Crippen MR) is 58.2 cm³/mol. The molecule has 0 heterocycles. The van der Waals surface area contributed by atoms with Crippen LogP contribution < -0.4 is 5.32 Å². The van der Waals surface area contributed by atoms with Crippen LogP contribution in [-0.2, 0) is 0 Å². The van der Waals surface area contributed by atoms with Crippen molar-refractivity contribution in [1.82, 2.24) is 0 Å². The smallest absolute Gasteiger partial charge is 0.161 e. The Hall–Kier alpha value is -1.23. The van der Waals surface area contributed by atoms with Gasteiger partial charge in [0.25, 0.3) is 0 Å². The maximum absolute atomic E-state index is 13.4. The first-order chi connectivity index (χ1) is 8.08. The third-order valence-electron chi connectivity index (χ3n) is 3.08. The summed E-state index contributed by atoms with van der Waals surface area (Å²) in [5.41, 5.74) is -0.102. The molecule has 0 aromatic heterocycles. The number of benzene rings is 1. The number of rotatable bonds is 2. The average molecular weight is 245 g/mol. The molecule has 2 nitrogen and oxygen atoms in total. The lowest BCUT2D eigenvalue weighted by molar-refractivity contribution is 0.116. The van der Waals surface area contributed by atoms with Crippen LogP contribution in [0.15, 0.2) is 12.1 Å². The molecule has 1 aromatic carbocycles. The van der Waals surface area contributed by atoms with Crippen LogP contribution >= 0.6 is 0 Å². The highest BCUT2D eigenvalue weighted by Crippen LogP contribution is 2.25. The quantitative estimate of drug-likeness (QED) is 0.785. The summed E-state index contributed by atoms with van der Waals surface area (Å²) in [6, 6.07) is 0.988. The molecule has 5 heteroatoms. The third kappa shape index (κ3) is 2.72. The van der Waals surface area contributed by atoms with Gasteiger partial charge in [-0.05, 0) is 12.8 Å². The second-order valence-corrected chi connectivity index (χ2v) is 4.35. The van der Waals surface area contributed by atoms with Gasteiger partial charge in [-0.25, -0.2) is 13.2 Å². The van der Waals surface area contributed by atoms with Gasteiger partial charge in [0, 0.05) is 12.1 Å². The molecule has 1 fully saturated rings. The molecule has 17 heavy (non-hydrogen) atoms. The first kappa shape index (κ1) is 12.2. The molecule has 0 amide bonds. The Morgan fingerprint density at radius 2 is 1.65 bits per heavy atom. The minimum Gasteiger partial charge on any atom is -0.391 e. The van der Waals surface area contributed by atoms with Crippen molar-refractivity contribution in [3.63, 3.8) is 0 Å². The Labute approximate surface area is 97.5 Å². The van der Waals surface area contributed by atoms with E-state index >= 15 is 0 Å². The second-order valence-electron chi connectivity index (χ2n) is 4.35. The fourth-order valence-corrected chi connectivity index (χ4v) is 2.11. The topological polar surface area (TPSA) is 32.3 Å². The van der Waals surface area contributed by atoms with Crippen molar-refractivity contribution in [2.24, 2.45) is 0 Å². The van der Waals surface area contributed by atoms with E-state index in [0.717, 1.165) is 18.9 Å². The van der Waals surface area contributed by atoms with Gasteiger partial charge in [0.2, 0.25) is 0 Å². The van der Waals surface area contributed by atoms with Crippen molar-refractivity contribution in [1.29, 1.82) is 0 Å². The highest BCUT2D eigenvalue weighted by atomic mass is 19.2. The van der Waals surface area contributed by atoms with E-state index in [-0.39, 0.29) is 11.7 Å². The Morgan fingerprint density at radius 3 is 2.35 bits per heavy atom. The summed E-state index contributed by atoms with van der Waals surface area (Å²) in [4.78, 5) is 0. The van der Waals surface area contributed by atoms with E-state index in [1.165, 1.54) is 0 Å². The molecule has 2 unspecified atom stereocenters. The van der Waals surface area contributed by atoms with Gasteiger partial charge >= 0.3 is 0 Å². The molecule has 0 spiro atoms. The van der Waals surface area contributed by atoms with Crippen molar-refractivity contribution in [2.45, 2.75) is 37.8 Å². The molecule has 2 N–H and O–H groups in total. The number of aliphatic hydroxyl groups is 1. The molecule has 0 saturated heterocycles. The van der Waals surface area contributed by atoms with E-state index in [1.807, 2.05) is 0 Å². The number of hydrogen-bond donors (Lipinski definition) is 2. The molecule has 2 rings (SSSR count). The van der Waals surface area contributed by atoms with E-state index in [0.29, 0.717) is 18.9 Å². The zero-order valence-electron chi connectivity index (χ0n) is 9.22. The highest BCUT2D eigenvalue weighted by Gasteiger charge is 2.24. The van der Waals surface area contributed by atoms with Gasteiger partial charge in [0.15, 0.2) is 11.6 Å². The van der Waals surface area contributed by atoms with Gasteiger partial charge in [-0.2, -0.15) is 0 Å². The lowest BCUT2D eigenvalue weighted by atomic mass is 9.92. The predicted octanol–water partition coefficient (Wildman–Crippen LogP) is 2.82. The highest BCUT2D eigenvalue weighted by molar-refractivity contribution is 5.46. The zero-order chi connectivity index (χ0) is 12.4. The lowest BCUT2D eigenvalue weighted by Crippen LogP contribution is -2.36. The van der Waals surface area contributed by atoms with Crippen molar-refractivity contribution in [3.05, 3.63) is 29.6 Å². The second kappa shape index (κ2) is 4.96. The summed E-state index contributed by atoms with van der Waals surface area (Å²) in [6.45, 7) is 0. The Morgan fingerprint density at radius 1 is 1.00 bits per heavy atom. The van der Waals surface area contributed by atoms with E-state index < -0.39 is 23.6 Å². The van der Waals surface area contributed by atoms with E-state index in [1.54, 1.807) is 0 Å². The minimum atomic E-state index is -1.21. The number of nitrogens with one attached hydrogen (secondary N) is 1. The van der Waals surface area contributed by atoms with Crippen LogP contribution in [-0.4, -0.2) is 17.3 Å². The van der Waals surface area contributed by atoms with Crippen LogP contribution in [0, 0.1) is 17.5 Å². The Bertz CT molecular complexity index is 411. The summed E-state index contributed by atoms with van der Waals surface area (Å²) in [5, 5.41) is 12.4. The maximum Gasteiger partial charge on any atom is 0.161 e. The molecule has 0 aliphatic heterocycles. The molecule has 1 aromatic rings. The van der Waals surface area contributed by atoms with Crippen molar-refractivity contribution in [3.8, 4) is 0 Å². The summed E-state index contributed by atoms with van der Waals surface area (Å²) in [7, 11) is 0. The minimum absolute atomic E-state index is 0.102. The van der Waals surface area contributed by atoms with Crippen LogP contribution in [0.4, 0.5) is 18.9 Å². The molecule has 1 saturated carbocycles. The molecule has 94 valence electrons. The SMILES string of the molecule is OC1CCCCC1Nc1cc(F)c(F)cc1F. The number of halogens is 3. The van der Waals surface area contributed by atoms with Crippen LogP contribution in [0.5, 0.6) is 0 Å². The number of aliphatic hydroxyl groups excluding tert-OH is 1. The van der Waals surface area contributed by atoms with Crippen LogP contribution in [0.1, 0.15) is 25.7 Å². The van der Waals surface area contributed by atoms with E-state index in [2.05, 4.69) is 5.32 Å². The van der Waals surface area contributed by atoms with E-state index in [4.69, 9.17) is 0 Å². The van der Waals surface area contributed by atoms with Crippen molar-refractivity contribution in [2.75, 3.05) is 5.32 Å². The molecule has 2 atom stereocenters. The largest absolute Gasteiger partial charge is 0.391 e. The molecule has 0 radical (unpaired) electrons.